The molecule has 1 aromatic carbocycles. The zero-order valence-electron chi connectivity index (χ0n) is 13.5. The molecule has 6 nitrogen and oxygen atoms in total. The average molecular weight is 337 g/mol. The van der Waals surface area contributed by atoms with Crippen molar-refractivity contribution in [2.45, 2.75) is 31.8 Å². The highest BCUT2D eigenvalue weighted by atomic mass is 19.1. The largest absolute Gasteiger partial charge is 0.327 e. The molecular weight excluding hydrogens is 320 g/mol. The van der Waals surface area contributed by atoms with Gasteiger partial charge in [0.25, 0.3) is 5.91 Å². The van der Waals surface area contributed by atoms with Crippen molar-refractivity contribution >= 4 is 23.5 Å². The van der Waals surface area contributed by atoms with Crippen LogP contribution in [-0.2, 0) is 9.59 Å². The van der Waals surface area contributed by atoms with Gasteiger partial charge in [0.05, 0.1) is 6.04 Å². The number of rotatable bonds is 2. The van der Waals surface area contributed by atoms with Crippen LogP contribution in [0.2, 0.25) is 0 Å². The molecule has 2 heterocycles. The van der Waals surface area contributed by atoms with E-state index < -0.39 is 46.7 Å². The van der Waals surface area contributed by atoms with Gasteiger partial charge in [-0.3, -0.25) is 14.5 Å². The number of benzene rings is 1. The Labute approximate surface area is 137 Å². The van der Waals surface area contributed by atoms with E-state index in [-0.39, 0.29) is 13.0 Å². The number of halogens is 2. The second kappa shape index (κ2) is 5.25. The quantitative estimate of drug-likeness (QED) is 0.773. The van der Waals surface area contributed by atoms with Crippen molar-refractivity contribution in [3.63, 3.8) is 0 Å². The lowest BCUT2D eigenvalue weighted by Crippen LogP contribution is -2.44. The monoisotopic (exact) mass is 337 g/mol. The van der Waals surface area contributed by atoms with Crippen LogP contribution in [-0.4, -0.2) is 52.8 Å². The van der Waals surface area contributed by atoms with E-state index in [1.807, 2.05) is 0 Å². The van der Waals surface area contributed by atoms with Crippen molar-refractivity contribution in [2.75, 3.05) is 18.5 Å². The summed E-state index contributed by atoms with van der Waals surface area (Å²) in [6, 6.07) is 2.06. The van der Waals surface area contributed by atoms with Crippen LogP contribution in [0.25, 0.3) is 0 Å². The predicted octanol–water partition coefficient (Wildman–Crippen LogP) is 1.74. The molecule has 1 atom stereocenters. The Hall–Kier alpha value is -2.51. The van der Waals surface area contributed by atoms with E-state index in [2.05, 4.69) is 0 Å². The minimum Gasteiger partial charge on any atom is -0.313 e. The van der Waals surface area contributed by atoms with Crippen LogP contribution in [0.4, 0.5) is 19.3 Å². The first-order valence-electron chi connectivity index (χ1n) is 7.52. The molecule has 0 bridgehead atoms. The van der Waals surface area contributed by atoms with E-state index in [0.29, 0.717) is 0 Å². The van der Waals surface area contributed by atoms with Crippen molar-refractivity contribution in [1.82, 2.24) is 9.80 Å². The van der Waals surface area contributed by atoms with Crippen molar-refractivity contribution in [1.29, 1.82) is 0 Å². The summed E-state index contributed by atoms with van der Waals surface area (Å²) in [7, 11) is 1.51. The smallest absolute Gasteiger partial charge is 0.313 e. The van der Waals surface area contributed by atoms with Gasteiger partial charge in [0.2, 0.25) is 5.91 Å². The van der Waals surface area contributed by atoms with E-state index in [9.17, 15) is 23.2 Å². The summed E-state index contributed by atoms with van der Waals surface area (Å²) in [6.45, 7) is 3.09. The lowest BCUT2D eigenvalue weighted by molar-refractivity contribution is -0.132. The van der Waals surface area contributed by atoms with Crippen LogP contribution < -0.4 is 4.90 Å². The minimum absolute atomic E-state index is 0.127. The molecule has 2 aliphatic heterocycles. The van der Waals surface area contributed by atoms with E-state index in [0.717, 1.165) is 21.9 Å². The number of urea groups is 1. The molecule has 0 spiro atoms. The average Bonchev–Trinajstić information content (AvgIpc) is 2.93. The van der Waals surface area contributed by atoms with Crippen molar-refractivity contribution < 1.29 is 23.2 Å². The van der Waals surface area contributed by atoms with Crippen molar-refractivity contribution in [3.8, 4) is 0 Å². The van der Waals surface area contributed by atoms with E-state index in [1.165, 1.54) is 18.0 Å². The molecule has 4 amide bonds. The van der Waals surface area contributed by atoms with E-state index in [4.69, 9.17) is 0 Å². The molecular formula is C16H17F2N3O3. The highest BCUT2D eigenvalue weighted by molar-refractivity contribution is 6.08. The maximum absolute atomic E-state index is 13.9. The van der Waals surface area contributed by atoms with Gasteiger partial charge >= 0.3 is 6.03 Å². The van der Waals surface area contributed by atoms with Gasteiger partial charge < -0.3 is 9.80 Å². The van der Waals surface area contributed by atoms with Crippen molar-refractivity contribution in [2.24, 2.45) is 0 Å². The molecule has 0 aliphatic carbocycles. The van der Waals surface area contributed by atoms with Crippen LogP contribution in [0.3, 0.4) is 0 Å². The molecule has 0 radical (unpaired) electrons. The fourth-order valence-corrected chi connectivity index (χ4v) is 3.07. The maximum Gasteiger partial charge on any atom is 0.327 e. The van der Waals surface area contributed by atoms with Gasteiger partial charge in [-0.2, -0.15) is 0 Å². The van der Waals surface area contributed by atoms with E-state index in [1.54, 1.807) is 13.8 Å². The summed E-state index contributed by atoms with van der Waals surface area (Å²) in [5.74, 6) is -2.68. The summed E-state index contributed by atoms with van der Waals surface area (Å²) in [5, 5.41) is 0. The first kappa shape index (κ1) is 16.4. The Morgan fingerprint density at radius 1 is 1.12 bits per heavy atom. The third kappa shape index (κ3) is 2.16. The molecule has 128 valence electrons. The normalized spacial score (nSPS) is 23.6. The number of likely N-dealkylation sites (N-methyl/N-ethyl adjacent to an activating group) is 1. The number of imide groups is 1. The zero-order valence-corrected chi connectivity index (χ0v) is 13.5. The SMILES string of the molecule is CN1C(=O)N(C2CC(=O)N(c3c(F)cccc3F)C2)C(=O)C1(C)C. The molecule has 2 saturated heterocycles. The van der Waals surface area contributed by atoms with Crippen molar-refractivity contribution in [3.05, 3.63) is 29.8 Å². The lowest BCUT2D eigenvalue weighted by Gasteiger charge is -2.23. The summed E-state index contributed by atoms with van der Waals surface area (Å²) >= 11 is 0. The number of anilines is 1. The predicted molar refractivity (Wildman–Crippen MR) is 81.2 cm³/mol. The van der Waals surface area contributed by atoms with Crippen LogP contribution >= 0.6 is 0 Å². The minimum atomic E-state index is -1.02. The molecule has 0 N–H and O–H groups in total. The molecule has 2 fully saturated rings. The molecule has 1 aromatic rings. The lowest BCUT2D eigenvalue weighted by atomic mass is 10.0. The number of carbonyl (C=O) groups is 3. The number of hydrogen-bond acceptors (Lipinski definition) is 3. The topological polar surface area (TPSA) is 60.9 Å². The highest BCUT2D eigenvalue weighted by Crippen LogP contribution is 2.33. The fourth-order valence-electron chi connectivity index (χ4n) is 3.07. The molecule has 8 heteroatoms. The standard InChI is InChI=1S/C16H17F2N3O3/c1-16(2)14(23)21(15(24)19(16)3)9-7-12(22)20(8-9)13-10(17)5-4-6-11(13)18/h4-6,9H,7-8H2,1-3H3. The summed E-state index contributed by atoms with van der Waals surface area (Å²) < 4.78 is 27.9. The zero-order chi connectivity index (χ0) is 17.8. The second-order valence-corrected chi connectivity index (χ2v) is 6.51. The highest BCUT2D eigenvalue weighted by Gasteiger charge is 2.53. The Kier molecular flexibility index (Phi) is 3.58. The summed E-state index contributed by atoms with van der Waals surface area (Å²) in [4.78, 5) is 40.4. The van der Waals surface area contributed by atoms with Gasteiger partial charge in [0.15, 0.2) is 0 Å². The molecule has 2 aliphatic rings. The number of carbonyl (C=O) groups excluding carboxylic acids is 3. The molecule has 1 unspecified atom stereocenters. The number of para-hydroxylation sites is 1. The number of nitrogens with zero attached hydrogens (tertiary/aromatic N) is 3. The Bertz CT molecular complexity index is 730. The van der Waals surface area contributed by atoms with Crippen LogP contribution in [0, 0.1) is 11.6 Å². The fraction of sp³-hybridized carbons (Fsp3) is 0.438. The van der Waals surface area contributed by atoms with Gasteiger partial charge in [-0.05, 0) is 26.0 Å². The first-order chi connectivity index (χ1) is 11.2. The third-order valence-electron chi connectivity index (χ3n) is 4.75. The number of amides is 4. The summed E-state index contributed by atoms with van der Waals surface area (Å²) in [6.07, 6.45) is -0.158. The van der Waals surface area contributed by atoms with Gasteiger partial charge in [-0.15, -0.1) is 0 Å². The van der Waals surface area contributed by atoms with Gasteiger partial charge in [-0.25, -0.2) is 13.6 Å². The Morgan fingerprint density at radius 3 is 2.21 bits per heavy atom. The van der Waals surface area contributed by atoms with Crippen LogP contribution in [0.5, 0.6) is 0 Å². The van der Waals surface area contributed by atoms with Crippen LogP contribution in [0.15, 0.2) is 18.2 Å². The van der Waals surface area contributed by atoms with E-state index >= 15 is 0 Å². The van der Waals surface area contributed by atoms with Gasteiger partial charge in [0, 0.05) is 20.0 Å². The Morgan fingerprint density at radius 2 is 1.71 bits per heavy atom. The molecule has 3 rings (SSSR count). The molecule has 0 aromatic heterocycles. The second-order valence-electron chi connectivity index (χ2n) is 6.51. The summed E-state index contributed by atoms with van der Waals surface area (Å²) in [5.41, 5.74) is -1.46. The van der Waals surface area contributed by atoms with Gasteiger partial charge in [0.1, 0.15) is 22.9 Å². The maximum atomic E-state index is 13.9. The molecule has 0 saturated carbocycles. The van der Waals surface area contributed by atoms with Crippen LogP contribution in [0.1, 0.15) is 20.3 Å². The first-order valence-corrected chi connectivity index (χ1v) is 7.52. The molecule has 24 heavy (non-hydrogen) atoms. The number of hydrogen-bond donors (Lipinski definition) is 0. The Balaban J connectivity index is 1.91. The third-order valence-corrected chi connectivity index (χ3v) is 4.75. The van der Waals surface area contributed by atoms with Gasteiger partial charge in [-0.1, -0.05) is 6.07 Å².